The SMILES string of the molecule is COc1ccccc1[C@H]1c2sc(=O)[nH]c2SC2C3CCC(C3)C21. The molecule has 23 heavy (non-hydrogen) atoms. The molecular formula is C18H19NO2S2. The Kier molecular flexibility index (Phi) is 3.17. The second kappa shape index (κ2) is 5.15. The molecule has 120 valence electrons. The highest BCUT2D eigenvalue weighted by molar-refractivity contribution is 8.00. The summed E-state index contributed by atoms with van der Waals surface area (Å²) in [4.78, 5) is 16.4. The van der Waals surface area contributed by atoms with Crippen LogP contribution in [0.2, 0.25) is 0 Å². The first-order valence-electron chi connectivity index (χ1n) is 8.29. The van der Waals surface area contributed by atoms with E-state index in [1.165, 1.54) is 41.0 Å². The van der Waals surface area contributed by atoms with E-state index >= 15 is 0 Å². The van der Waals surface area contributed by atoms with Crippen molar-refractivity contribution in [3.05, 3.63) is 44.4 Å². The Bertz CT molecular complexity index is 811. The molecule has 2 heterocycles. The molecule has 5 rings (SSSR count). The third-order valence-electron chi connectivity index (χ3n) is 5.94. The Morgan fingerprint density at radius 1 is 1.22 bits per heavy atom. The van der Waals surface area contributed by atoms with Crippen LogP contribution in [0.15, 0.2) is 34.1 Å². The van der Waals surface area contributed by atoms with Gasteiger partial charge in [0.15, 0.2) is 0 Å². The summed E-state index contributed by atoms with van der Waals surface area (Å²) in [7, 11) is 1.75. The van der Waals surface area contributed by atoms with Gasteiger partial charge in [0.2, 0.25) is 0 Å². The maximum absolute atomic E-state index is 12.0. The smallest absolute Gasteiger partial charge is 0.305 e. The van der Waals surface area contributed by atoms with Crippen LogP contribution in [-0.4, -0.2) is 17.3 Å². The molecule has 4 unspecified atom stereocenters. The summed E-state index contributed by atoms with van der Waals surface area (Å²) >= 11 is 3.34. The van der Waals surface area contributed by atoms with Crippen molar-refractivity contribution in [3.8, 4) is 5.75 Å². The molecule has 2 fully saturated rings. The summed E-state index contributed by atoms with van der Waals surface area (Å²) in [6.45, 7) is 0. The predicted molar refractivity (Wildman–Crippen MR) is 93.7 cm³/mol. The predicted octanol–water partition coefficient (Wildman–Crippen LogP) is 4.10. The molecule has 5 heteroatoms. The molecule has 3 nitrogen and oxygen atoms in total. The minimum absolute atomic E-state index is 0.0784. The molecule has 1 aromatic heterocycles. The number of aromatic amines is 1. The van der Waals surface area contributed by atoms with E-state index < -0.39 is 0 Å². The molecule has 0 spiro atoms. The van der Waals surface area contributed by atoms with Gasteiger partial charge in [0.25, 0.3) is 0 Å². The molecule has 1 aliphatic heterocycles. The van der Waals surface area contributed by atoms with Crippen molar-refractivity contribution in [1.29, 1.82) is 0 Å². The number of thioether (sulfide) groups is 1. The molecule has 3 aliphatic rings. The van der Waals surface area contributed by atoms with Crippen LogP contribution >= 0.6 is 23.1 Å². The number of hydrogen-bond acceptors (Lipinski definition) is 4. The highest BCUT2D eigenvalue weighted by Crippen LogP contribution is 2.64. The van der Waals surface area contributed by atoms with Crippen LogP contribution in [0.5, 0.6) is 5.75 Å². The zero-order valence-corrected chi connectivity index (χ0v) is 14.6. The molecule has 0 saturated heterocycles. The molecule has 5 atom stereocenters. The number of rotatable bonds is 2. The monoisotopic (exact) mass is 345 g/mol. The molecule has 2 saturated carbocycles. The summed E-state index contributed by atoms with van der Waals surface area (Å²) in [5.74, 6) is 3.54. The normalized spacial score (nSPS) is 34.2. The first-order valence-corrected chi connectivity index (χ1v) is 9.98. The van der Waals surface area contributed by atoms with E-state index in [1.807, 2.05) is 23.9 Å². The molecule has 2 aliphatic carbocycles. The van der Waals surface area contributed by atoms with Crippen molar-refractivity contribution in [1.82, 2.24) is 4.98 Å². The lowest BCUT2D eigenvalue weighted by atomic mass is 9.74. The van der Waals surface area contributed by atoms with E-state index in [0.717, 1.165) is 22.6 Å². The fraction of sp³-hybridized carbons (Fsp3) is 0.500. The fourth-order valence-electron chi connectivity index (χ4n) is 5.12. The van der Waals surface area contributed by atoms with Crippen LogP contribution in [0.1, 0.15) is 35.6 Å². The van der Waals surface area contributed by atoms with Crippen molar-refractivity contribution in [3.63, 3.8) is 0 Å². The number of aromatic nitrogens is 1. The number of nitrogens with one attached hydrogen (secondary N) is 1. The summed E-state index contributed by atoms with van der Waals surface area (Å²) in [6.07, 6.45) is 4.08. The summed E-state index contributed by atoms with van der Waals surface area (Å²) in [5, 5.41) is 1.77. The number of benzene rings is 1. The zero-order valence-electron chi connectivity index (χ0n) is 13.0. The number of thiazole rings is 1. The van der Waals surface area contributed by atoms with Crippen LogP contribution in [0, 0.1) is 17.8 Å². The number of fused-ring (bicyclic) bond motifs is 6. The van der Waals surface area contributed by atoms with Crippen molar-refractivity contribution in [2.75, 3.05) is 7.11 Å². The molecule has 2 aromatic rings. The number of H-pyrrole nitrogens is 1. The van der Waals surface area contributed by atoms with E-state index in [9.17, 15) is 4.79 Å². The molecular weight excluding hydrogens is 326 g/mol. The second-order valence-electron chi connectivity index (χ2n) is 6.92. The summed E-state index contributed by atoms with van der Waals surface area (Å²) in [5.41, 5.74) is 1.26. The summed E-state index contributed by atoms with van der Waals surface area (Å²) in [6, 6.07) is 8.36. The Morgan fingerprint density at radius 2 is 2.04 bits per heavy atom. The lowest BCUT2D eigenvalue weighted by molar-refractivity contribution is 0.301. The van der Waals surface area contributed by atoms with E-state index in [0.29, 0.717) is 17.1 Å². The van der Waals surface area contributed by atoms with Gasteiger partial charge in [-0.3, -0.25) is 4.79 Å². The fourth-order valence-corrected chi connectivity index (χ4v) is 8.01. The van der Waals surface area contributed by atoms with Gasteiger partial charge in [-0.05, 0) is 43.1 Å². The minimum Gasteiger partial charge on any atom is -0.496 e. The van der Waals surface area contributed by atoms with Gasteiger partial charge < -0.3 is 9.72 Å². The Balaban J connectivity index is 1.71. The maximum atomic E-state index is 12.0. The van der Waals surface area contributed by atoms with E-state index in [4.69, 9.17) is 4.74 Å². The topological polar surface area (TPSA) is 42.1 Å². The summed E-state index contributed by atoms with van der Waals surface area (Å²) < 4.78 is 5.66. The Labute approximate surface area is 143 Å². The van der Waals surface area contributed by atoms with Crippen molar-refractivity contribution >= 4 is 23.1 Å². The third kappa shape index (κ3) is 1.99. The molecule has 0 radical (unpaired) electrons. The van der Waals surface area contributed by atoms with Crippen molar-refractivity contribution < 1.29 is 4.74 Å². The lowest BCUT2D eigenvalue weighted by Crippen LogP contribution is -2.33. The van der Waals surface area contributed by atoms with Gasteiger partial charge in [-0.2, -0.15) is 0 Å². The second-order valence-corrected chi connectivity index (χ2v) is 9.12. The van der Waals surface area contributed by atoms with Crippen molar-refractivity contribution in [2.24, 2.45) is 17.8 Å². The van der Waals surface area contributed by atoms with Gasteiger partial charge in [-0.15, -0.1) is 11.8 Å². The Hall–Kier alpha value is -1.20. The maximum Gasteiger partial charge on any atom is 0.305 e. The number of ether oxygens (including phenoxy) is 1. The van der Waals surface area contributed by atoms with E-state index in [2.05, 4.69) is 17.1 Å². The first-order chi connectivity index (χ1) is 11.3. The highest BCUT2D eigenvalue weighted by Gasteiger charge is 2.55. The number of methoxy groups -OCH3 is 1. The van der Waals surface area contributed by atoms with E-state index in [1.54, 1.807) is 7.11 Å². The molecule has 0 amide bonds. The third-order valence-corrected chi connectivity index (χ3v) is 8.56. The molecule has 2 bridgehead atoms. The van der Waals surface area contributed by atoms with Gasteiger partial charge >= 0.3 is 4.87 Å². The number of para-hydroxylation sites is 1. The quantitative estimate of drug-likeness (QED) is 0.891. The van der Waals surface area contributed by atoms with Crippen LogP contribution in [-0.2, 0) is 0 Å². The van der Waals surface area contributed by atoms with Gasteiger partial charge in [0, 0.05) is 21.6 Å². The van der Waals surface area contributed by atoms with E-state index in [-0.39, 0.29) is 4.87 Å². The average Bonchev–Trinajstić information content (AvgIpc) is 3.26. The molecule has 1 N–H and O–H groups in total. The van der Waals surface area contributed by atoms with Crippen LogP contribution < -0.4 is 9.61 Å². The highest BCUT2D eigenvalue weighted by atomic mass is 32.2. The van der Waals surface area contributed by atoms with Crippen molar-refractivity contribution in [2.45, 2.75) is 35.5 Å². The standard InChI is InChI=1S/C18H19NO2S2/c1-21-12-5-3-2-4-11(12)14-13-9-6-7-10(8-9)15(13)22-17-16(14)23-18(20)19-17/h2-5,9-10,13-15H,6-8H2,1H3,(H,19,20)/t9?,10?,13?,14-,15?/m1/s1. The van der Waals surface area contributed by atoms with Gasteiger partial charge in [-0.25, -0.2) is 0 Å². The zero-order chi connectivity index (χ0) is 15.6. The largest absolute Gasteiger partial charge is 0.496 e. The van der Waals surface area contributed by atoms with Crippen LogP contribution in [0.4, 0.5) is 0 Å². The Morgan fingerprint density at radius 3 is 2.91 bits per heavy atom. The minimum atomic E-state index is 0.0784. The molecule has 1 aromatic carbocycles. The van der Waals surface area contributed by atoms with Crippen LogP contribution in [0.25, 0.3) is 0 Å². The van der Waals surface area contributed by atoms with Gasteiger partial charge in [0.05, 0.1) is 12.1 Å². The number of hydrogen-bond donors (Lipinski definition) is 1. The van der Waals surface area contributed by atoms with Gasteiger partial charge in [0.1, 0.15) is 5.75 Å². The lowest BCUT2D eigenvalue weighted by Gasteiger charge is -2.40. The first kappa shape index (κ1) is 14.2. The van der Waals surface area contributed by atoms with Gasteiger partial charge in [-0.1, -0.05) is 29.5 Å². The van der Waals surface area contributed by atoms with Crippen LogP contribution in [0.3, 0.4) is 0 Å². The average molecular weight is 345 g/mol.